The maximum atomic E-state index is 13.9. The van der Waals surface area contributed by atoms with Crippen LogP contribution in [0.15, 0.2) is 153 Å². The highest BCUT2D eigenvalue weighted by Crippen LogP contribution is 2.38. The zero-order valence-corrected chi connectivity index (χ0v) is 21.6. The summed E-state index contributed by atoms with van der Waals surface area (Å²) in [5.41, 5.74) is 0. The summed E-state index contributed by atoms with van der Waals surface area (Å²) in [7, 11) is -8.66. The van der Waals surface area contributed by atoms with E-state index in [1.165, 1.54) is 48.5 Å². The monoisotopic (exact) mass is 542 g/mol. The predicted octanol–water partition coefficient (Wildman–Crippen LogP) is 6.94. The highest BCUT2D eigenvalue weighted by atomic mass is 32.2. The number of hydrogen-bond acceptors (Lipinski definition) is 6. The first-order valence-corrected chi connectivity index (χ1v) is 14.6. The van der Waals surface area contributed by atoms with Crippen LogP contribution >= 0.6 is 0 Å². The van der Waals surface area contributed by atoms with Gasteiger partial charge >= 0.3 is 0 Å². The molecule has 6 nitrogen and oxygen atoms in total. The van der Waals surface area contributed by atoms with Crippen molar-refractivity contribution in [3.8, 4) is 23.0 Å². The molecule has 0 radical (unpaired) electrons. The van der Waals surface area contributed by atoms with Gasteiger partial charge in [-0.25, -0.2) is 16.8 Å². The standard InChI is InChI=1S/C30H22O6S2/c31-37(32,27-19-9-7-17-25(27)35-23-13-3-1-4-14-23)29-21-11-12-22-30(29)38(33,34)28-20-10-8-18-26(28)36-24-15-5-2-6-16-24/h1-22H. The van der Waals surface area contributed by atoms with E-state index in [0.717, 1.165) is 0 Å². The molecule has 0 atom stereocenters. The van der Waals surface area contributed by atoms with Crippen molar-refractivity contribution in [3.63, 3.8) is 0 Å². The maximum Gasteiger partial charge on any atom is 0.211 e. The molecule has 0 bridgehead atoms. The Balaban J connectivity index is 1.61. The summed E-state index contributed by atoms with van der Waals surface area (Å²) < 4.78 is 67.5. The fourth-order valence-electron chi connectivity index (χ4n) is 3.88. The van der Waals surface area contributed by atoms with Crippen LogP contribution in [0.2, 0.25) is 0 Å². The lowest BCUT2D eigenvalue weighted by Crippen LogP contribution is -2.12. The lowest BCUT2D eigenvalue weighted by atomic mass is 10.3. The van der Waals surface area contributed by atoms with Gasteiger partial charge in [0.15, 0.2) is 0 Å². The van der Waals surface area contributed by atoms with Crippen LogP contribution in [0.4, 0.5) is 0 Å². The van der Waals surface area contributed by atoms with E-state index in [2.05, 4.69) is 0 Å². The van der Waals surface area contributed by atoms with Gasteiger partial charge in [-0.15, -0.1) is 0 Å². The van der Waals surface area contributed by atoms with Gasteiger partial charge in [-0.1, -0.05) is 72.8 Å². The fourth-order valence-corrected chi connectivity index (χ4v) is 7.45. The third-order valence-corrected chi connectivity index (χ3v) is 9.48. The first-order chi connectivity index (χ1) is 18.4. The van der Waals surface area contributed by atoms with E-state index in [-0.39, 0.29) is 31.1 Å². The van der Waals surface area contributed by atoms with Gasteiger partial charge in [0.05, 0.1) is 9.79 Å². The summed E-state index contributed by atoms with van der Waals surface area (Å²) in [6.45, 7) is 0. The van der Waals surface area contributed by atoms with Crippen molar-refractivity contribution in [1.29, 1.82) is 0 Å². The molecule has 0 amide bonds. The van der Waals surface area contributed by atoms with Crippen molar-refractivity contribution in [1.82, 2.24) is 0 Å². The summed E-state index contributed by atoms with van der Waals surface area (Å²) in [5, 5.41) is 0. The zero-order chi connectivity index (χ0) is 26.6. The smallest absolute Gasteiger partial charge is 0.211 e. The normalized spacial score (nSPS) is 11.6. The molecule has 0 aromatic heterocycles. The summed E-state index contributed by atoms with van der Waals surface area (Å²) >= 11 is 0. The average molecular weight is 543 g/mol. The van der Waals surface area contributed by atoms with E-state index in [1.807, 2.05) is 12.1 Å². The number of benzene rings is 5. The van der Waals surface area contributed by atoms with Crippen molar-refractivity contribution in [2.45, 2.75) is 19.6 Å². The van der Waals surface area contributed by atoms with Crippen molar-refractivity contribution in [2.75, 3.05) is 0 Å². The minimum absolute atomic E-state index is 0.0821. The van der Waals surface area contributed by atoms with Gasteiger partial charge < -0.3 is 9.47 Å². The Kier molecular flexibility index (Phi) is 7.00. The van der Waals surface area contributed by atoms with Crippen molar-refractivity contribution in [2.24, 2.45) is 0 Å². The molecule has 0 N–H and O–H groups in total. The highest BCUT2D eigenvalue weighted by molar-refractivity contribution is 7.94. The average Bonchev–Trinajstić information content (AvgIpc) is 2.95. The third-order valence-electron chi connectivity index (χ3n) is 5.65. The highest BCUT2D eigenvalue weighted by Gasteiger charge is 2.32. The summed E-state index contributed by atoms with van der Waals surface area (Å²) in [6.07, 6.45) is 0. The molecule has 5 aromatic carbocycles. The van der Waals surface area contributed by atoms with Gasteiger partial charge in [0.2, 0.25) is 19.7 Å². The van der Waals surface area contributed by atoms with Crippen LogP contribution in [0, 0.1) is 0 Å². The van der Waals surface area contributed by atoms with Gasteiger partial charge in [0.1, 0.15) is 32.8 Å². The molecule has 0 aliphatic rings. The molecule has 0 heterocycles. The Bertz CT molecular complexity index is 1650. The third kappa shape index (κ3) is 5.04. The number of hydrogen-bond donors (Lipinski definition) is 0. The zero-order valence-electron chi connectivity index (χ0n) is 20.0. The number of para-hydroxylation sites is 4. The second-order valence-electron chi connectivity index (χ2n) is 8.18. The largest absolute Gasteiger partial charge is 0.456 e. The molecule has 0 aliphatic carbocycles. The van der Waals surface area contributed by atoms with Crippen LogP contribution in [0.5, 0.6) is 23.0 Å². The van der Waals surface area contributed by atoms with Crippen molar-refractivity contribution < 1.29 is 26.3 Å². The Morgan fingerprint density at radius 2 is 0.632 bits per heavy atom. The Morgan fingerprint density at radius 3 is 1.00 bits per heavy atom. The lowest BCUT2D eigenvalue weighted by Gasteiger charge is -2.16. The molecule has 0 saturated carbocycles. The lowest BCUT2D eigenvalue weighted by molar-refractivity contribution is 0.466. The first kappa shape index (κ1) is 25.3. The predicted molar refractivity (Wildman–Crippen MR) is 143 cm³/mol. The number of sulfone groups is 2. The number of rotatable bonds is 8. The molecule has 0 saturated heterocycles. The van der Waals surface area contributed by atoms with Crippen LogP contribution in [-0.4, -0.2) is 16.8 Å². The van der Waals surface area contributed by atoms with Crippen LogP contribution in [0.1, 0.15) is 0 Å². The molecule has 0 unspecified atom stereocenters. The van der Waals surface area contributed by atoms with Gasteiger partial charge in [0.25, 0.3) is 0 Å². The number of ether oxygens (including phenoxy) is 2. The van der Waals surface area contributed by atoms with Crippen molar-refractivity contribution >= 4 is 19.7 Å². The van der Waals surface area contributed by atoms with Crippen molar-refractivity contribution in [3.05, 3.63) is 133 Å². The molecule has 0 spiro atoms. The fraction of sp³-hybridized carbons (Fsp3) is 0. The Labute approximate surface area is 221 Å². The van der Waals surface area contributed by atoms with Crippen LogP contribution < -0.4 is 9.47 Å². The molecule has 8 heteroatoms. The molecular weight excluding hydrogens is 520 g/mol. The molecule has 38 heavy (non-hydrogen) atoms. The molecule has 0 aliphatic heterocycles. The SMILES string of the molecule is O=S(=O)(c1ccccc1Oc1ccccc1)c1ccccc1S(=O)(=O)c1ccccc1Oc1ccccc1. The van der Waals surface area contributed by atoms with E-state index in [1.54, 1.807) is 72.8 Å². The van der Waals surface area contributed by atoms with Crippen LogP contribution in [0.25, 0.3) is 0 Å². The van der Waals surface area contributed by atoms with E-state index in [0.29, 0.717) is 11.5 Å². The van der Waals surface area contributed by atoms with Crippen LogP contribution in [-0.2, 0) is 19.7 Å². The summed E-state index contributed by atoms with van der Waals surface area (Å²) in [5.74, 6) is 1.06. The van der Waals surface area contributed by atoms with E-state index < -0.39 is 19.7 Å². The topological polar surface area (TPSA) is 86.7 Å². The molecule has 190 valence electrons. The van der Waals surface area contributed by atoms with E-state index in [4.69, 9.17) is 9.47 Å². The first-order valence-electron chi connectivity index (χ1n) is 11.6. The van der Waals surface area contributed by atoms with E-state index >= 15 is 0 Å². The summed E-state index contributed by atoms with van der Waals surface area (Å²) in [6, 6.07) is 35.3. The van der Waals surface area contributed by atoms with Gasteiger partial charge in [0, 0.05) is 0 Å². The summed E-state index contributed by atoms with van der Waals surface area (Å²) in [4.78, 5) is -1.03. The Morgan fingerprint density at radius 1 is 0.342 bits per heavy atom. The molecule has 5 aromatic rings. The van der Waals surface area contributed by atoms with Gasteiger partial charge in [-0.05, 0) is 60.7 Å². The quantitative estimate of drug-likeness (QED) is 0.211. The van der Waals surface area contributed by atoms with Crippen LogP contribution in [0.3, 0.4) is 0 Å². The molecule has 0 fully saturated rings. The Hall–Kier alpha value is -4.40. The van der Waals surface area contributed by atoms with E-state index in [9.17, 15) is 16.8 Å². The molecular formula is C30H22O6S2. The molecule has 5 rings (SSSR count). The maximum absolute atomic E-state index is 13.9. The second kappa shape index (κ2) is 10.5. The minimum Gasteiger partial charge on any atom is -0.456 e. The second-order valence-corrected chi connectivity index (χ2v) is 12.0. The van der Waals surface area contributed by atoms with Gasteiger partial charge in [-0.2, -0.15) is 0 Å². The minimum atomic E-state index is -4.33. The van der Waals surface area contributed by atoms with Gasteiger partial charge in [-0.3, -0.25) is 0 Å².